The molecule has 0 saturated carbocycles. The van der Waals surface area contributed by atoms with Crippen LogP contribution in [0.1, 0.15) is 43.1 Å². The van der Waals surface area contributed by atoms with E-state index in [0.29, 0.717) is 25.0 Å². The molecule has 0 bridgehead atoms. The first-order chi connectivity index (χ1) is 8.26. The molecular formula is C14H20O3. The molecule has 0 radical (unpaired) electrons. The van der Waals surface area contributed by atoms with Gasteiger partial charge < -0.3 is 4.74 Å². The zero-order chi connectivity index (χ0) is 13.1. The summed E-state index contributed by atoms with van der Waals surface area (Å²) in [5.74, 6) is -0.200. The fraction of sp³-hybridized carbons (Fsp3) is 0.429. The van der Waals surface area contributed by atoms with Crippen LogP contribution in [-0.4, -0.2) is 18.9 Å². The van der Waals surface area contributed by atoms with Crippen molar-refractivity contribution in [2.45, 2.75) is 33.6 Å². The highest BCUT2D eigenvalue weighted by atomic mass is 16.5. The van der Waals surface area contributed by atoms with Crippen LogP contribution in [0.2, 0.25) is 0 Å². The first-order valence-corrected chi connectivity index (χ1v) is 5.96. The van der Waals surface area contributed by atoms with Crippen LogP contribution in [0.25, 0.3) is 0 Å². The molecule has 3 nitrogen and oxygen atoms in total. The topological polar surface area (TPSA) is 43.4 Å². The minimum Gasteiger partial charge on any atom is -0.466 e. The van der Waals surface area contributed by atoms with Crippen molar-refractivity contribution in [2.75, 3.05) is 6.61 Å². The van der Waals surface area contributed by atoms with Gasteiger partial charge in [-0.3, -0.25) is 9.59 Å². The molecule has 0 spiro atoms. The van der Waals surface area contributed by atoms with E-state index in [1.807, 2.05) is 26.0 Å². The highest BCUT2D eigenvalue weighted by Gasteiger charge is 2.02. The molecule has 1 rings (SSSR count). The normalized spacial score (nSPS) is 8.88. The third kappa shape index (κ3) is 6.51. The van der Waals surface area contributed by atoms with Crippen LogP contribution in [0.4, 0.5) is 0 Å². The number of esters is 1. The lowest BCUT2D eigenvalue weighted by atomic mass is 10.1. The second-order valence-electron chi connectivity index (χ2n) is 3.17. The number of carbonyl (C=O) groups excluding carboxylic acids is 2. The fourth-order valence-corrected chi connectivity index (χ4v) is 1.30. The second-order valence-corrected chi connectivity index (χ2v) is 3.17. The number of hydrogen-bond acceptors (Lipinski definition) is 3. The van der Waals surface area contributed by atoms with Crippen LogP contribution < -0.4 is 0 Å². The summed E-state index contributed by atoms with van der Waals surface area (Å²) < 4.78 is 4.81. The Morgan fingerprint density at radius 1 is 1.35 bits per heavy atom. The Hall–Kier alpha value is -1.64. The van der Waals surface area contributed by atoms with Gasteiger partial charge in [-0.15, -0.1) is 0 Å². The fourth-order valence-electron chi connectivity index (χ4n) is 1.30. The van der Waals surface area contributed by atoms with E-state index in [1.165, 1.54) is 0 Å². The molecule has 1 aromatic rings. The molecule has 17 heavy (non-hydrogen) atoms. The van der Waals surface area contributed by atoms with Gasteiger partial charge in [0.2, 0.25) is 0 Å². The zero-order valence-electron chi connectivity index (χ0n) is 10.7. The molecule has 0 amide bonds. The number of hydrogen-bond donors (Lipinski definition) is 0. The van der Waals surface area contributed by atoms with Crippen LogP contribution in [0.5, 0.6) is 0 Å². The maximum absolute atomic E-state index is 11.1. The molecule has 94 valence electrons. The summed E-state index contributed by atoms with van der Waals surface area (Å²) >= 11 is 0. The van der Waals surface area contributed by atoms with Crippen LogP contribution in [-0.2, 0) is 16.0 Å². The summed E-state index contributed by atoms with van der Waals surface area (Å²) in [5.41, 5.74) is 1.61. The molecule has 0 saturated heterocycles. The van der Waals surface area contributed by atoms with Gasteiger partial charge in [-0.25, -0.2) is 0 Å². The molecule has 3 heteroatoms. The Morgan fingerprint density at radius 2 is 2.06 bits per heavy atom. The van der Waals surface area contributed by atoms with Crippen molar-refractivity contribution in [2.24, 2.45) is 0 Å². The van der Waals surface area contributed by atoms with Gasteiger partial charge in [0, 0.05) is 12.0 Å². The van der Waals surface area contributed by atoms with E-state index in [2.05, 4.69) is 0 Å². The number of carbonyl (C=O) groups is 2. The predicted molar refractivity (Wildman–Crippen MR) is 68.1 cm³/mol. The smallest absolute Gasteiger partial charge is 0.306 e. The molecular weight excluding hydrogens is 216 g/mol. The van der Waals surface area contributed by atoms with Crippen LogP contribution in [0.3, 0.4) is 0 Å². The van der Waals surface area contributed by atoms with Gasteiger partial charge in [0.1, 0.15) is 6.29 Å². The number of ether oxygens (including phenoxy) is 1. The summed E-state index contributed by atoms with van der Waals surface area (Å²) in [7, 11) is 0. The average molecular weight is 236 g/mol. The average Bonchev–Trinajstić information content (AvgIpc) is 2.39. The van der Waals surface area contributed by atoms with E-state index in [0.717, 1.165) is 11.8 Å². The minimum absolute atomic E-state index is 0.200. The standard InChI is InChI=1S/C12H14O3.C2H6/c1-2-15-12(14)7-6-10-4-3-5-11(8-10)9-13;1-2/h3-5,8-9H,2,6-7H2,1H3;1-2H3. The van der Waals surface area contributed by atoms with Crippen molar-refractivity contribution >= 4 is 12.3 Å². The number of rotatable bonds is 5. The molecule has 0 N–H and O–H groups in total. The van der Waals surface area contributed by atoms with Gasteiger partial charge in [0.15, 0.2) is 0 Å². The third-order valence-electron chi connectivity index (χ3n) is 2.01. The van der Waals surface area contributed by atoms with Gasteiger partial charge in [-0.05, 0) is 25.0 Å². The van der Waals surface area contributed by atoms with E-state index in [-0.39, 0.29) is 5.97 Å². The van der Waals surface area contributed by atoms with E-state index in [4.69, 9.17) is 4.74 Å². The SMILES string of the molecule is CC.CCOC(=O)CCc1cccc(C=O)c1. The first kappa shape index (κ1) is 15.4. The minimum atomic E-state index is -0.200. The lowest BCUT2D eigenvalue weighted by Gasteiger charge is -2.02. The zero-order valence-corrected chi connectivity index (χ0v) is 10.7. The summed E-state index contributed by atoms with van der Waals surface area (Å²) in [6.45, 7) is 6.19. The van der Waals surface area contributed by atoms with Crippen molar-refractivity contribution in [3.63, 3.8) is 0 Å². The second kappa shape index (κ2) is 9.58. The highest BCUT2D eigenvalue weighted by Crippen LogP contribution is 2.06. The number of benzene rings is 1. The Bertz CT molecular complexity index is 345. The Labute approximate surface area is 103 Å². The van der Waals surface area contributed by atoms with E-state index in [9.17, 15) is 9.59 Å². The summed E-state index contributed by atoms with van der Waals surface area (Å²) in [5, 5.41) is 0. The molecule has 0 aliphatic rings. The van der Waals surface area contributed by atoms with Crippen LogP contribution in [0, 0.1) is 0 Å². The van der Waals surface area contributed by atoms with Gasteiger partial charge >= 0.3 is 5.97 Å². The van der Waals surface area contributed by atoms with E-state index >= 15 is 0 Å². The van der Waals surface area contributed by atoms with Crippen LogP contribution in [0.15, 0.2) is 24.3 Å². The largest absolute Gasteiger partial charge is 0.466 e. The monoisotopic (exact) mass is 236 g/mol. The van der Waals surface area contributed by atoms with Gasteiger partial charge in [-0.1, -0.05) is 32.0 Å². The molecule has 0 aromatic heterocycles. The molecule has 0 fully saturated rings. The van der Waals surface area contributed by atoms with Crippen molar-refractivity contribution in [3.8, 4) is 0 Å². The Balaban J connectivity index is 0.00000121. The molecule has 0 unspecified atom stereocenters. The summed E-state index contributed by atoms with van der Waals surface area (Å²) in [4.78, 5) is 21.6. The van der Waals surface area contributed by atoms with Gasteiger partial charge in [0.05, 0.1) is 6.61 Å². The third-order valence-corrected chi connectivity index (χ3v) is 2.01. The summed E-state index contributed by atoms with van der Waals surface area (Å²) in [6, 6.07) is 7.23. The number of aldehydes is 1. The molecule has 1 aromatic carbocycles. The lowest BCUT2D eigenvalue weighted by molar-refractivity contribution is -0.143. The van der Waals surface area contributed by atoms with Crippen molar-refractivity contribution in [1.82, 2.24) is 0 Å². The molecule has 0 aliphatic carbocycles. The first-order valence-electron chi connectivity index (χ1n) is 5.96. The highest BCUT2D eigenvalue weighted by molar-refractivity contribution is 5.75. The molecule has 0 heterocycles. The predicted octanol–water partition coefficient (Wildman–Crippen LogP) is 3.02. The van der Waals surface area contributed by atoms with Crippen molar-refractivity contribution in [3.05, 3.63) is 35.4 Å². The maximum atomic E-state index is 11.1. The maximum Gasteiger partial charge on any atom is 0.306 e. The van der Waals surface area contributed by atoms with E-state index < -0.39 is 0 Å². The van der Waals surface area contributed by atoms with Crippen molar-refractivity contribution in [1.29, 1.82) is 0 Å². The van der Waals surface area contributed by atoms with Crippen LogP contribution >= 0.6 is 0 Å². The summed E-state index contributed by atoms with van der Waals surface area (Å²) in [6.07, 6.45) is 1.77. The Kier molecular flexibility index (Phi) is 8.65. The molecule has 0 atom stereocenters. The van der Waals surface area contributed by atoms with Crippen molar-refractivity contribution < 1.29 is 14.3 Å². The van der Waals surface area contributed by atoms with Gasteiger partial charge in [0.25, 0.3) is 0 Å². The Morgan fingerprint density at radius 3 is 2.65 bits per heavy atom. The van der Waals surface area contributed by atoms with E-state index in [1.54, 1.807) is 19.1 Å². The molecule has 0 aliphatic heterocycles. The van der Waals surface area contributed by atoms with Gasteiger partial charge in [-0.2, -0.15) is 0 Å². The quantitative estimate of drug-likeness (QED) is 0.583. The lowest BCUT2D eigenvalue weighted by Crippen LogP contribution is -2.05. The number of aryl methyl sites for hydroxylation is 1.